The molecule has 5 nitrogen and oxygen atoms in total. The normalized spacial score (nSPS) is 23.7. The van der Waals surface area contributed by atoms with Gasteiger partial charge in [0.25, 0.3) is 5.56 Å². The van der Waals surface area contributed by atoms with E-state index < -0.39 is 5.82 Å². The third kappa shape index (κ3) is 2.23. The third-order valence-corrected chi connectivity index (χ3v) is 3.71. The van der Waals surface area contributed by atoms with E-state index in [0.29, 0.717) is 11.2 Å². The molecule has 0 spiro atoms. The first-order valence-corrected chi connectivity index (χ1v) is 6.43. The van der Waals surface area contributed by atoms with Crippen LogP contribution in [0.2, 0.25) is 0 Å². The average molecular weight is 262 g/mol. The topological polar surface area (TPSA) is 73.8 Å². The van der Waals surface area contributed by atoms with Crippen LogP contribution < -0.4 is 11.3 Å². The van der Waals surface area contributed by atoms with Gasteiger partial charge >= 0.3 is 0 Å². The van der Waals surface area contributed by atoms with E-state index in [1.54, 1.807) is 4.57 Å². The molecule has 6 heteroatoms. The van der Waals surface area contributed by atoms with E-state index >= 15 is 0 Å². The molecular weight excluding hydrogens is 247 g/mol. The second kappa shape index (κ2) is 4.70. The van der Waals surface area contributed by atoms with Crippen molar-refractivity contribution in [3.05, 3.63) is 34.6 Å². The summed E-state index contributed by atoms with van der Waals surface area (Å²) in [6, 6.07) is 1.59. The fraction of sp³-hybridized carbons (Fsp3) is 0.462. The Morgan fingerprint density at radius 2 is 1.89 bits per heavy atom. The van der Waals surface area contributed by atoms with Crippen LogP contribution in [0.3, 0.4) is 0 Å². The minimum atomic E-state index is -0.457. The van der Waals surface area contributed by atoms with Crippen LogP contribution in [-0.4, -0.2) is 20.6 Å². The van der Waals surface area contributed by atoms with Crippen LogP contribution in [-0.2, 0) is 0 Å². The number of pyridine rings is 1. The first kappa shape index (κ1) is 12.2. The summed E-state index contributed by atoms with van der Waals surface area (Å²) in [7, 11) is 0. The maximum absolute atomic E-state index is 13.4. The van der Waals surface area contributed by atoms with Gasteiger partial charge in [0.15, 0.2) is 5.65 Å². The molecule has 2 heterocycles. The van der Waals surface area contributed by atoms with Crippen LogP contribution in [0.25, 0.3) is 11.2 Å². The number of fused-ring (bicyclic) bond motifs is 1. The molecule has 19 heavy (non-hydrogen) atoms. The molecule has 2 N–H and O–H groups in total. The van der Waals surface area contributed by atoms with Crippen molar-refractivity contribution in [2.24, 2.45) is 5.73 Å². The number of nitrogens with two attached hydrogens (primary N) is 1. The molecule has 1 saturated carbocycles. The summed E-state index contributed by atoms with van der Waals surface area (Å²) in [5, 5.41) is 0. The van der Waals surface area contributed by atoms with Crippen LogP contribution in [0.1, 0.15) is 31.7 Å². The minimum absolute atomic E-state index is 0.0569. The van der Waals surface area contributed by atoms with Gasteiger partial charge in [-0.15, -0.1) is 0 Å². The van der Waals surface area contributed by atoms with Gasteiger partial charge in [0.05, 0.1) is 17.9 Å². The molecule has 0 aliphatic heterocycles. The van der Waals surface area contributed by atoms with Crippen LogP contribution in [0.5, 0.6) is 0 Å². The lowest BCUT2D eigenvalue weighted by Gasteiger charge is -2.28. The Labute approximate surface area is 109 Å². The molecule has 100 valence electrons. The summed E-state index contributed by atoms with van der Waals surface area (Å²) in [6.07, 6.45) is 5.78. The first-order valence-electron chi connectivity index (χ1n) is 6.43. The highest BCUT2D eigenvalue weighted by atomic mass is 19.1. The molecule has 0 radical (unpaired) electrons. The summed E-state index contributed by atoms with van der Waals surface area (Å²) in [5.74, 6) is -0.457. The molecule has 0 amide bonds. The van der Waals surface area contributed by atoms with Crippen molar-refractivity contribution in [3.63, 3.8) is 0 Å². The van der Waals surface area contributed by atoms with Crippen molar-refractivity contribution >= 4 is 11.2 Å². The summed E-state index contributed by atoms with van der Waals surface area (Å²) in [5.41, 5.74) is 6.53. The number of halogens is 1. The molecular formula is C13H15FN4O. The van der Waals surface area contributed by atoms with Crippen LogP contribution in [0, 0.1) is 5.82 Å². The number of hydrogen-bond donors (Lipinski definition) is 1. The molecule has 1 aliphatic rings. The second-order valence-corrected chi connectivity index (χ2v) is 5.03. The zero-order chi connectivity index (χ0) is 13.4. The van der Waals surface area contributed by atoms with Gasteiger partial charge in [-0.1, -0.05) is 0 Å². The molecule has 0 atom stereocenters. The molecule has 1 fully saturated rings. The lowest BCUT2D eigenvalue weighted by molar-refractivity contribution is 0.324. The average Bonchev–Trinajstić information content (AvgIpc) is 2.40. The van der Waals surface area contributed by atoms with Crippen molar-refractivity contribution in [1.82, 2.24) is 14.5 Å². The standard InChI is InChI=1S/C13H15FN4O/c14-8-5-11-13(16-6-8)17-7-12(19)18(11)10-3-1-9(15)2-4-10/h5-7,9-10H,1-4,15H2. The molecule has 2 aromatic rings. The van der Waals surface area contributed by atoms with Crippen molar-refractivity contribution in [3.8, 4) is 0 Å². The van der Waals surface area contributed by atoms with Gasteiger partial charge in [-0.2, -0.15) is 0 Å². The van der Waals surface area contributed by atoms with Gasteiger partial charge in [-0.25, -0.2) is 14.4 Å². The van der Waals surface area contributed by atoms with E-state index in [4.69, 9.17) is 5.73 Å². The smallest absolute Gasteiger partial charge is 0.269 e. The highest BCUT2D eigenvalue weighted by Gasteiger charge is 2.22. The highest BCUT2D eigenvalue weighted by molar-refractivity contribution is 5.69. The molecule has 1 aliphatic carbocycles. The predicted molar refractivity (Wildman–Crippen MR) is 69.2 cm³/mol. The van der Waals surface area contributed by atoms with E-state index in [1.807, 2.05) is 0 Å². The Morgan fingerprint density at radius 1 is 1.21 bits per heavy atom. The Kier molecular flexibility index (Phi) is 3.02. The summed E-state index contributed by atoms with van der Waals surface area (Å²) in [6.45, 7) is 0. The maximum atomic E-state index is 13.4. The third-order valence-electron chi connectivity index (χ3n) is 3.71. The fourth-order valence-electron chi connectivity index (χ4n) is 2.73. The van der Waals surface area contributed by atoms with Crippen LogP contribution in [0.4, 0.5) is 4.39 Å². The number of nitrogens with zero attached hydrogens (tertiary/aromatic N) is 3. The van der Waals surface area contributed by atoms with E-state index in [2.05, 4.69) is 9.97 Å². The number of rotatable bonds is 1. The van der Waals surface area contributed by atoms with Gasteiger partial charge in [0.1, 0.15) is 5.82 Å². The van der Waals surface area contributed by atoms with Crippen molar-refractivity contribution in [1.29, 1.82) is 0 Å². The molecule has 0 aromatic carbocycles. The molecule has 0 unspecified atom stereocenters. The molecule has 0 bridgehead atoms. The van der Waals surface area contributed by atoms with Crippen molar-refractivity contribution in [2.75, 3.05) is 0 Å². The quantitative estimate of drug-likeness (QED) is 0.842. The van der Waals surface area contributed by atoms with Gasteiger partial charge in [-0.3, -0.25) is 4.79 Å². The Balaban J connectivity index is 2.13. The number of aromatic nitrogens is 3. The van der Waals surface area contributed by atoms with Crippen LogP contribution >= 0.6 is 0 Å². The van der Waals surface area contributed by atoms with Gasteiger partial charge in [0.2, 0.25) is 0 Å². The van der Waals surface area contributed by atoms with E-state index in [1.165, 1.54) is 12.3 Å². The zero-order valence-corrected chi connectivity index (χ0v) is 10.4. The molecule has 0 saturated heterocycles. The largest absolute Gasteiger partial charge is 0.328 e. The Morgan fingerprint density at radius 3 is 2.63 bits per heavy atom. The first-order chi connectivity index (χ1) is 9.15. The maximum Gasteiger partial charge on any atom is 0.269 e. The zero-order valence-electron chi connectivity index (χ0n) is 10.4. The minimum Gasteiger partial charge on any atom is -0.328 e. The SMILES string of the molecule is NC1CCC(n2c(=O)cnc3ncc(F)cc32)CC1. The van der Waals surface area contributed by atoms with Gasteiger partial charge in [0, 0.05) is 18.2 Å². The number of hydrogen-bond acceptors (Lipinski definition) is 4. The molecule has 3 rings (SSSR count). The van der Waals surface area contributed by atoms with Gasteiger partial charge in [-0.05, 0) is 25.7 Å². The summed E-state index contributed by atoms with van der Waals surface area (Å²) >= 11 is 0. The lowest BCUT2D eigenvalue weighted by Crippen LogP contribution is -2.32. The Hall–Kier alpha value is -1.82. The fourth-order valence-corrected chi connectivity index (χ4v) is 2.73. The van der Waals surface area contributed by atoms with Crippen molar-refractivity contribution in [2.45, 2.75) is 37.8 Å². The summed E-state index contributed by atoms with van der Waals surface area (Å²) < 4.78 is 15.0. The van der Waals surface area contributed by atoms with E-state index in [0.717, 1.165) is 31.9 Å². The van der Waals surface area contributed by atoms with Gasteiger partial charge < -0.3 is 10.3 Å². The molecule has 2 aromatic heterocycles. The lowest BCUT2D eigenvalue weighted by atomic mass is 9.91. The van der Waals surface area contributed by atoms with E-state index in [9.17, 15) is 9.18 Å². The summed E-state index contributed by atoms with van der Waals surface area (Å²) in [4.78, 5) is 19.9. The predicted octanol–water partition coefficient (Wildman–Crippen LogP) is 1.37. The highest BCUT2D eigenvalue weighted by Crippen LogP contribution is 2.28. The van der Waals surface area contributed by atoms with E-state index in [-0.39, 0.29) is 17.6 Å². The van der Waals surface area contributed by atoms with Crippen molar-refractivity contribution < 1.29 is 4.39 Å². The van der Waals surface area contributed by atoms with Crippen LogP contribution in [0.15, 0.2) is 23.3 Å². The Bertz CT molecular complexity index is 661. The monoisotopic (exact) mass is 262 g/mol. The second-order valence-electron chi connectivity index (χ2n) is 5.03.